The molecule has 0 spiro atoms. The molecule has 3 nitrogen and oxygen atoms in total. The number of nitrogens with one attached hydrogen (secondary N) is 1. The molecular weight excluding hydrogens is 260 g/mol. The minimum Gasteiger partial charge on any atom is -0.492 e. The minimum absolute atomic E-state index is 0.704. The summed E-state index contributed by atoms with van der Waals surface area (Å²) in [6, 6.07) is 9.88. The van der Waals surface area contributed by atoms with E-state index in [0.29, 0.717) is 6.04 Å². The van der Waals surface area contributed by atoms with Crippen LogP contribution in [0.5, 0.6) is 5.75 Å². The van der Waals surface area contributed by atoms with Gasteiger partial charge in [-0.2, -0.15) is 0 Å². The second-order valence-corrected chi connectivity index (χ2v) is 6.80. The van der Waals surface area contributed by atoms with Crippen LogP contribution in [0.2, 0.25) is 0 Å². The minimum atomic E-state index is 0.704. The van der Waals surface area contributed by atoms with Crippen molar-refractivity contribution in [2.24, 2.45) is 5.92 Å². The van der Waals surface area contributed by atoms with Crippen molar-refractivity contribution in [3.63, 3.8) is 0 Å². The molecule has 2 atom stereocenters. The van der Waals surface area contributed by atoms with Crippen molar-refractivity contribution >= 4 is 0 Å². The van der Waals surface area contributed by atoms with Gasteiger partial charge in [-0.05, 0) is 38.2 Å². The van der Waals surface area contributed by atoms with Crippen LogP contribution in [0.1, 0.15) is 38.7 Å². The number of hydrogen-bond acceptors (Lipinski definition) is 3. The molecule has 21 heavy (non-hydrogen) atoms. The molecule has 1 heterocycles. The van der Waals surface area contributed by atoms with Crippen molar-refractivity contribution < 1.29 is 4.74 Å². The Balaban J connectivity index is 1.47. The van der Waals surface area contributed by atoms with Crippen LogP contribution in [0.3, 0.4) is 0 Å². The summed E-state index contributed by atoms with van der Waals surface area (Å²) in [6.45, 7) is 8.65. The SMILES string of the molecule is CC1CC(C)N(CCOc2ccccc2CNC2CC2)C1. The Bertz CT molecular complexity index is 458. The van der Waals surface area contributed by atoms with Gasteiger partial charge < -0.3 is 10.1 Å². The lowest BCUT2D eigenvalue weighted by molar-refractivity contribution is 0.201. The first-order chi connectivity index (χ1) is 10.2. The molecule has 1 saturated carbocycles. The Morgan fingerprint density at radius 3 is 2.76 bits per heavy atom. The summed E-state index contributed by atoms with van der Waals surface area (Å²) in [5.41, 5.74) is 1.28. The third-order valence-corrected chi connectivity index (χ3v) is 4.68. The lowest BCUT2D eigenvalue weighted by Crippen LogP contribution is -2.31. The maximum absolute atomic E-state index is 6.05. The fraction of sp³-hybridized carbons (Fsp3) is 0.667. The monoisotopic (exact) mass is 288 g/mol. The average Bonchev–Trinajstić information content (AvgIpc) is 3.24. The largest absolute Gasteiger partial charge is 0.492 e. The number of ether oxygens (including phenoxy) is 1. The average molecular weight is 288 g/mol. The Morgan fingerprint density at radius 2 is 2.05 bits per heavy atom. The van der Waals surface area contributed by atoms with E-state index in [-0.39, 0.29) is 0 Å². The topological polar surface area (TPSA) is 24.5 Å². The number of likely N-dealkylation sites (tertiary alicyclic amines) is 1. The quantitative estimate of drug-likeness (QED) is 0.834. The second-order valence-electron chi connectivity index (χ2n) is 6.80. The smallest absolute Gasteiger partial charge is 0.123 e. The van der Waals surface area contributed by atoms with Crippen LogP contribution < -0.4 is 10.1 Å². The summed E-state index contributed by atoms with van der Waals surface area (Å²) >= 11 is 0. The first-order valence-electron chi connectivity index (χ1n) is 8.40. The van der Waals surface area contributed by atoms with E-state index in [9.17, 15) is 0 Å². The molecule has 1 N–H and O–H groups in total. The molecule has 1 saturated heterocycles. The molecule has 3 heteroatoms. The highest BCUT2D eigenvalue weighted by Crippen LogP contribution is 2.24. The molecule has 0 bridgehead atoms. The van der Waals surface area contributed by atoms with Gasteiger partial charge in [0, 0.05) is 37.3 Å². The van der Waals surface area contributed by atoms with Crippen LogP contribution in [0.4, 0.5) is 0 Å². The van der Waals surface area contributed by atoms with Gasteiger partial charge in [-0.15, -0.1) is 0 Å². The second kappa shape index (κ2) is 6.80. The van der Waals surface area contributed by atoms with Crippen molar-refractivity contribution in [1.82, 2.24) is 10.2 Å². The fourth-order valence-electron chi connectivity index (χ4n) is 3.30. The van der Waals surface area contributed by atoms with E-state index in [4.69, 9.17) is 4.74 Å². The van der Waals surface area contributed by atoms with E-state index in [1.54, 1.807) is 0 Å². The molecule has 1 aliphatic carbocycles. The summed E-state index contributed by atoms with van der Waals surface area (Å²) in [4.78, 5) is 2.55. The van der Waals surface area contributed by atoms with E-state index < -0.39 is 0 Å². The lowest BCUT2D eigenvalue weighted by Gasteiger charge is -2.21. The van der Waals surface area contributed by atoms with E-state index in [1.807, 2.05) is 0 Å². The molecule has 3 rings (SSSR count). The molecule has 1 aromatic carbocycles. The van der Waals surface area contributed by atoms with Crippen molar-refractivity contribution in [2.75, 3.05) is 19.7 Å². The summed E-state index contributed by atoms with van der Waals surface area (Å²) in [7, 11) is 0. The van der Waals surface area contributed by atoms with Crippen LogP contribution in [0.15, 0.2) is 24.3 Å². The van der Waals surface area contributed by atoms with Crippen molar-refractivity contribution in [3.8, 4) is 5.75 Å². The Hall–Kier alpha value is -1.06. The first kappa shape index (κ1) is 14.9. The van der Waals surface area contributed by atoms with Gasteiger partial charge in [0.25, 0.3) is 0 Å². The zero-order chi connectivity index (χ0) is 14.7. The highest BCUT2D eigenvalue weighted by atomic mass is 16.5. The van der Waals surface area contributed by atoms with Crippen molar-refractivity contribution in [2.45, 2.75) is 51.7 Å². The molecule has 1 aromatic rings. The molecule has 1 aliphatic heterocycles. The summed E-state index contributed by atoms with van der Waals surface area (Å²) in [5.74, 6) is 1.88. The summed E-state index contributed by atoms with van der Waals surface area (Å²) in [6.07, 6.45) is 3.98. The predicted molar refractivity (Wildman–Crippen MR) is 86.6 cm³/mol. The highest BCUT2D eigenvalue weighted by Gasteiger charge is 2.25. The van der Waals surface area contributed by atoms with E-state index >= 15 is 0 Å². The van der Waals surface area contributed by atoms with Crippen LogP contribution in [-0.4, -0.2) is 36.7 Å². The van der Waals surface area contributed by atoms with Crippen LogP contribution in [-0.2, 0) is 6.54 Å². The van der Waals surface area contributed by atoms with Gasteiger partial charge in [-0.25, -0.2) is 0 Å². The Morgan fingerprint density at radius 1 is 1.24 bits per heavy atom. The fourth-order valence-corrected chi connectivity index (χ4v) is 3.30. The normalized spacial score (nSPS) is 26.2. The zero-order valence-corrected chi connectivity index (χ0v) is 13.3. The van der Waals surface area contributed by atoms with Crippen LogP contribution >= 0.6 is 0 Å². The molecule has 0 aromatic heterocycles. The number of rotatable bonds is 7. The van der Waals surface area contributed by atoms with Gasteiger partial charge in [0.2, 0.25) is 0 Å². The van der Waals surface area contributed by atoms with E-state index in [1.165, 1.54) is 31.4 Å². The molecule has 2 aliphatic rings. The molecule has 0 amide bonds. The van der Waals surface area contributed by atoms with Crippen molar-refractivity contribution in [3.05, 3.63) is 29.8 Å². The van der Waals surface area contributed by atoms with E-state index in [0.717, 1.165) is 37.4 Å². The molecule has 2 fully saturated rings. The van der Waals surface area contributed by atoms with Gasteiger partial charge in [0.05, 0.1) is 0 Å². The molecule has 116 valence electrons. The standard InChI is InChI=1S/C18H28N2O/c1-14-11-15(2)20(13-14)9-10-21-18-6-4-3-5-16(18)12-19-17-7-8-17/h3-6,14-15,17,19H,7-13H2,1-2H3. The third kappa shape index (κ3) is 4.21. The maximum Gasteiger partial charge on any atom is 0.123 e. The lowest BCUT2D eigenvalue weighted by atomic mass is 10.1. The highest BCUT2D eigenvalue weighted by molar-refractivity contribution is 5.33. The third-order valence-electron chi connectivity index (χ3n) is 4.68. The first-order valence-corrected chi connectivity index (χ1v) is 8.40. The summed E-state index contributed by atoms with van der Waals surface area (Å²) in [5, 5.41) is 3.57. The van der Waals surface area contributed by atoms with Gasteiger partial charge >= 0.3 is 0 Å². The number of nitrogens with zero attached hydrogens (tertiary/aromatic N) is 1. The van der Waals surface area contributed by atoms with Gasteiger partial charge in [0.15, 0.2) is 0 Å². The van der Waals surface area contributed by atoms with Gasteiger partial charge in [-0.1, -0.05) is 25.1 Å². The zero-order valence-electron chi connectivity index (χ0n) is 13.3. The van der Waals surface area contributed by atoms with Gasteiger partial charge in [0.1, 0.15) is 12.4 Å². The van der Waals surface area contributed by atoms with Crippen LogP contribution in [0, 0.1) is 5.92 Å². The van der Waals surface area contributed by atoms with E-state index in [2.05, 4.69) is 48.3 Å². The molecule has 2 unspecified atom stereocenters. The Labute approximate surface area is 128 Å². The summed E-state index contributed by atoms with van der Waals surface area (Å²) < 4.78 is 6.05. The predicted octanol–water partition coefficient (Wildman–Crippen LogP) is 3.05. The van der Waals surface area contributed by atoms with Gasteiger partial charge in [-0.3, -0.25) is 4.90 Å². The van der Waals surface area contributed by atoms with Crippen molar-refractivity contribution in [1.29, 1.82) is 0 Å². The molecular formula is C18H28N2O. The number of benzene rings is 1. The Kier molecular flexibility index (Phi) is 4.81. The maximum atomic E-state index is 6.05. The number of hydrogen-bond donors (Lipinski definition) is 1. The van der Waals surface area contributed by atoms with Crippen LogP contribution in [0.25, 0.3) is 0 Å². The number of para-hydroxylation sites is 1. The molecule has 0 radical (unpaired) electrons.